The fourth-order valence-electron chi connectivity index (χ4n) is 2.29. The van der Waals surface area contributed by atoms with E-state index in [1.54, 1.807) is 6.07 Å². The number of carboxylic acid groups (broad SMARTS) is 1. The summed E-state index contributed by atoms with van der Waals surface area (Å²) in [6.45, 7) is 7.61. The molecule has 2 amide bonds. The number of aliphatic carboxylic acids is 1. The van der Waals surface area contributed by atoms with Gasteiger partial charge in [-0.1, -0.05) is 39.3 Å². The zero-order valence-electron chi connectivity index (χ0n) is 14.9. The van der Waals surface area contributed by atoms with Gasteiger partial charge in [-0.25, -0.2) is 4.79 Å². The van der Waals surface area contributed by atoms with Gasteiger partial charge < -0.3 is 15.7 Å². The van der Waals surface area contributed by atoms with E-state index in [1.165, 1.54) is 12.1 Å². The molecular weight excluding hydrogens is 344 g/mol. The van der Waals surface area contributed by atoms with Gasteiger partial charge in [0.25, 0.3) is 5.91 Å². The first-order chi connectivity index (χ1) is 11.6. The van der Waals surface area contributed by atoms with Crippen LogP contribution in [0.3, 0.4) is 0 Å². The molecule has 25 heavy (non-hydrogen) atoms. The Labute approximate surface area is 152 Å². The van der Waals surface area contributed by atoms with Gasteiger partial charge in [-0.3, -0.25) is 9.59 Å². The van der Waals surface area contributed by atoms with Gasteiger partial charge in [0, 0.05) is 12.1 Å². The van der Waals surface area contributed by atoms with Gasteiger partial charge >= 0.3 is 5.97 Å². The third kappa shape index (κ3) is 7.13. The second kappa shape index (κ2) is 9.42. The van der Waals surface area contributed by atoms with Crippen molar-refractivity contribution in [2.75, 3.05) is 5.32 Å². The van der Waals surface area contributed by atoms with E-state index in [0.29, 0.717) is 18.5 Å². The largest absolute Gasteiger partial charge is 0.480 e. The standard InChI is InChI=1S/C18H25ClN2O4/c1-10(2)7-15(18(24)25)21-17(23)13-9-12(5-6-14(13)19)20-16(22)8-11(3)4/h5-6,9-11,15H,7-8H2,1-4H3,(H,20,22)(H,21,23)(H,24,25)/t15-/m0/s1. The maximum atomic E-state index is 12.4. The van der Waals surface area contributed by atoms with E-state index in [0.717, 1.165) is 0 Å². The number of carbonyl (C=O) groups is 3. The topological polar surface area (TPSA) is 95.5 Å². The van der Waals surface area contributed by atoms with Gasteiger partial charge in [0.15, 0.2) is 0 Å². The third-order valence-corrected chi connectivity index (χ3v) is 3.73. The van der Waals surface area contributed by atoms with Gasteiger partial charge in [0.1, 0.15) is 6.04 Å². The molecule has 7 heteroatoms. The Balaban J connectivity index is 2.92. The molecule has 0 saturated carbocycles. The van der Waals surface area contributed by atoms with Crippen molar-refractivity contribution < 1.29 is 19.5 Å². The molecule has 0 aromatic heterocycles. The molecule has 1 aromatic carbocycles. The van der Waals surface area contributed by atoms with Crippen molar-refractivity contribution in [3.63, 3.8) is 0 Å². The lowest BCUT2D eigenvalue weighted by molar-refractivity contribution is -0.139. The van der Waals surface area contributed by atoms with Crippen molar-refractivity contribution >= 4 is 35.1 Å². The molecule has 3 N–H and O–H groups in total. The third-order valence-electron chi connectivity index (χ3n) is 3.40. The summed E-state index contributed by atoms with van der Waals surface area (Å²) in [5.41, 5.74) is 0.565. The van der Waals surface area contributed by atoms with Crippen LogP contribution in [0.25, 0.3) is 0 Å². The fraction of sp³-hybridized carbons (Fsp3) is 0.500. The molecule has 0 bridgehead atoms. The molecule has 0 radical (unpaired) electrons. The van der Waals surface area contributed by atoms with Crippen LogP contribution in [-0.2, 0) is 9.59 Å². The van der Waals surface area contributed by atoms with E-state index < -0.39 is 17.9 Å². The number of anilines is 1. The number of rotatable bonds is 8. The van der Waals surface area contributed by atoms with E-state index in [-0.39, 0.29) is 28.3 Å². The quantitative estimate of drug-likeness (QED) is 0.653. The molecule has 0 aliphatic carbocycles. The first-order valence-electron chi connectivity index (χ1n) is 8.23. The molecule has 0 spiro atoms. The van der Waals surface area contributed by atoms with Crippen LogP contribution in [-0.4, -0.2) is 28.9 Å². The summed E-state index contributed by atoms with van der Waals surface area (Å²) in [6.07, 6.45) is 0.670. The van der Waals surface area contributed by atoms with Crippen LogP contribution in [0.1, 0.15) is 50.9 Å². The van der Waals surface area contributed by atoms with Crippen molar-refractivity contribution in [3.8, 4) is 0 Å². The van der Waals surface area contributed by atoms with Crippen molar-refractivity contribution in [2.24, 2.45) is 11.8 Å². The lowest BCUT2D eigenvalue weighted by Crippen LogP contribution is -2.41. The summed E-state index contributed by atoms with van der Waals surface area (Å²) < 4.78 is 0. The number of hydrogen-bond donors (Lipinski definition) is 3. The summed E-state index contributed by atoms with van der Waals surface area (Å²) in [4.78, 5) is 35.6. The highest BCUT2D eigenvalue weighted by Crippen LogP contribution is 2.21. The van der Waals surface area contributed by atoms with Crippen LogP contribution in [0.2, 0.25) is 5.02 Å². The minimum Gasteiger partial charge on any atom is -0.480 e. The number of benzene rings is 1. The number of carbonyl (C=O) groups excluding carboxylic acids is 2. The highest BCUT2D eigenvalue weighted by Gasteiger charge is 2.23. The Morgan fingerprint density at radius 3 is 2.28 bits per heavy atom. The highest BCUT2D eigenvalue weighted by atomic mass is 35.5. The summed E-state index contributed by atoms with van der Waals surface area (Å²) in [6, 6.07) is 3.55. The van der Waals surface area contributed by atoms with Crippen LogP contribution < -0.4 is 10.6 Å². The minimum atomic E-state index is -1.10. The number of halogens is 1. The van der Waals surface area contributed by atoms with Crippen molar-refractivity contribution in [3.05, 3.63) is 28.8 Å². The summed E-state index contributed by atoms with van der Waals surface area (Å²) in [7, 11) is 0. The van der Waals surface area contributed by atoms with Gasteiger partial charge in [-0.2, -0.15) is 0 Å². The molecule has 0 aliphatic heterocycles. The summed E-state index contributed by atoms with van der Waals surface area (Å²) in [5, 5.41) is 14.6. The molecule has 138 valence electrons. The van der Waals surface area contributed by atoms with Crippen LogP contribution in [0.5, 0.6) is 0 Å². The lowest BCUT2D eigenvalue weighted by Gasteiger charge is -2.17. The highest BCUT2D eigenvalue weighted by molar-refractivity contribution is 6.34. The molecular formula is C18H25ClN2O4. The maximum Gasteiger partial charge on any atom is 0.326 e. The molecule has 0 fully saturated rings. The Kier molecular flexibility index (Phi) is 7.90. The number of hydrogen-bond acceptors (Lipinski definition) is 3. The van der Waals surface area contributed by atoms with E-state index in [2.05, 4.69) is 10.6 Å². The molecule has 0 aliphatic rings. The van der Waals surface area contributed by atoms with E-state index in [4.69, 9.17) is 11.6 Å². The van der Waals surface area contributed by atoms with Gasteiger partial charge in [-0.15, -0.1) is 0 Å². The number of nitrogens with one attached hydrogen (secondary N) is 2. The normalized spacial score (nSPS) is 12.1. The molecule has 0 unspecified atom stereocenters. The Morgan fingerprint density at radius 2 is 1.76 bits per heavy atom. The molecule has 1 atom stereocenters. The molecule has 0 heterocycles. The second-order valence-corrected chi connectivity index (χ2v) is 7.24. The Bertz CT molecular complexity index is 644. The molecule has 6 nitrogen and oxygen atoms in total. The zero-order valence-corrected chi connectivity index (χ0v) is 15.7. The average molecular weight is 369 g/mol. The summed E-state index contributed by atoms with van der Waals surface area (Å²) >= 11 is 6.06. The van der Waals surface area contributed by atoms with Crippen LogP contribution in [0, 0.1) is 11.8 Å². The van der Waals surface area contributed by atoms with Crippen LogP contribution in [0.15, 0.2) is 18.2 Å². The second-order valence-electron chi connectivity index (χ2n) is 6.83. The Hall–Kier alpha value is -2.08. The van der Waals surface area contributed by atoms with Gasteiger partial charge in [0.2, 0.25) is 5.91 Å². The number of amides is 2. The van der Waals surface area contributed by atoms with Gasteiger partial charge in [0.05, 0.1) is 10.6 Å². The smallest absolute Gasteiger partial charge is 0.326 e. The lowest BCUT2D eigenvalue weighted by atomic mass is 10.0. The number of carboxylic acids is 1. The molecule has 1 aromatic rings. The van der Waals surface area contributed by atoms with E-state index in [1.807, 2.05) is 27.7 Å². The average Bonchev–Trinajstić information content (AvgIpc) is 2.46. The van der Waals surface area contributed by atoms with Crippen molar-refractivity contribution in [1.82, 2.24) is 5.32 Å². The summed E-state index contributed by atoms with van der Waals surface area (Å²) in [5.74, 6) is -1.52. The van der Waals surface area contributed by atoms with E-state index in [9.17, 15) is 19.5 Å². The Morgan fingerprint density at radius 1 is 1.12 bits per heavy atom. The van der Waals surface area contributed by atoms with Crippen LogP contribution in [0.4, 0.5) is 5.69 Å². The predicted molar refractivity (Wildman–Crippen MR) is 97.9 cm³/mol. The minimum absolute atomic E-state index is 0.110. The van der Waals surface area contributed by atoms with Crippen molar-refractivity contribution in [1.29, 1.82) is 0 Å². The van der Waals surface area contributed by atoms with Gasteiger partial charge in [-0.05, 0) is 36.5 Å². The predicted octanol–water partition coefficient (Wildman–Crippen LogP) is 3.55. The fourth-order valence-corrected chi connectivity index (χ4v) is 2.49. The maximum absolute atomic E-state index is 12.4. The first-order valence-corrected chi connectivity index (χ1v) is 8.61. The monoisotopic (exact) mass is 368 g/mol. The van der Waals surface area contributed by atoms with E-state index >= 15 is 0 Å². The molecule has 0 saturated heterocycles. The SMILES string of the molecule is CC(C)CC(=O)Nc1ccc(Cl)c(C(=O)N[C@@H](CC(C)C)C(=O)O)c1. The van der Waals surface area contributed by atoms with Crippen molar-refractivity contribution in [2.45, 2.75) is 46.6 Å². The molecule has 1 rings (SSSR count). The van der Waals surface area contributed by atoms with Crippen LogP contribution >= 0.6 is 11.6 Å². The zero-order chi connectivity index (χ0) is 19.1. The first kappa shape index (κ1) is 21.0.